The molecule has 0 fully saturated rings. The van der Waals surface area contributed by atoms with E-state index in [9.17, 15) is 0 Å². The molecule has 0 saturated carbocycles. The van der Waals surface area contributed by atoms with E-state index < -0.39 is 0 Å². The first kappa shape index (κ1) is 34.4. The van der Waals surface area contributed by atoms with Crippen molar-refractivity contribution in [3.05, 3.63) is 168 Å². The van der Waals surface area contributed by atoms with E-state index in [0.29, 0.717) is 0 Å². The Hall–Kier alpha value is -6.06. The van der Waals surface area contributed by atoms with Crippen molar-refractivity contribution in [3.8, 4) is 0 Å². The number of hydrogen-bond acceptors (Lipinski definition) is 2. The lowest BCUT2D eigenvalue weighted by atomic mass is 9.88. The largest absolute Gasteiger partial charge is 0.292 e. The van der Waals surface area contributed by atoms with Gasteiger partial charge in [0.1, 0.15) is 5.65 Å². The SMILES string of the molecule is C=C/C(=C\C(=C)/C(C)=C/c1c(C)c(C)c(/C=C\CC)c2ccccc12)c1ccc2c3ccc4cccnc4c3c3nc4ccccc4n3c2c1.CC. The molecule has 0 aliphatic heterocycles. The Morgan fingerprint density at radius 2 is 1.50 bits per heavy atom. The first-order valence-electron chi connectivity index (χ1n) is 18.3. The molecular weight excluding hydrogens is 631 g/mol. The van der Waals surface area contributed by atoms with Crippen molar-refractivity contribution < 1.29 is 0 Å². The Labute approximate surface area is 306 Å². The molecule has 0 atom stereocenters. The normalized spacial score (nSPS) is 12.4. The van der Waals surface area contributed by atoms with Crippen LogP contribution in [0, 0.1) is 13.8 Å². The van der Waals surface area contributed by atoms with Crippen LogP contribution in [0.5, 0.6) is 0 Å². The second-order valence-electron chi connectivity index (χ2n) is 13.1. The lowest BCUT2D eigenvalue weighted by Gasteiger charge is -2.16. The highest BCUT2D eigenvalue weighted by Crippen LogP contribution is 2.38. The van der Waals surface area contributed by atoms with E-state index in [1.807, 2.05) is 38.3 Å². The van der Waals surface area contributed by atoms with Gasteiger partial charge in [0.25, 0.3) is 0 Å². The van der Waals surface area contributed by atoms with Gasteiger partial charge in [0.2, 0.25) is 0 Å². The smallest absolute Gasteiger partial charge is 0.148 e. The van der Waals surface area contributed by atoms with Crippen molar-refractivity contribution in [2.45, 2.75) is 48.0 Å². The highest BCUT2D eigenvalue weighted by Gasteiger charge is 2.17. The lowest BCUT2D eigenvalue weighted by Crippen LogP contribution is -1.96. The molecule has 5 aromatic carbocycles. The summed E-state index contributed by atoms with van der Waals surface area (Å²) in [6.45, 7) is 21.6. The minimum atomic E-state index is 0.913. The van der Waals surface area contributed by atoms with Gasteiger partial charge in [-0.1, -0.05) is 125 Å². The summed E-state index contributed by atoms with van der Waals surface area (Å²) in [6, 6.07) is 32.2. The van der Waals surface area contributed by atoms with Gasteiger partial charge >= 0.3 is 0 Å². The zero-order chi connectivity index (χ0) is 36.5. The highest BCUT2D eigenvalue weighted by molar-refractivity contribution is 6.22. The summed E-state index contributed by atoms with van der Waals surface area (Å²) in [5, 5.41) is 7.00. The van der Waals surface area contributed by atoms with Gasteiger partial charge < -0.3 is 0 Å². The van der Waals surface area contributed by atoms with E-state index in [0.717, 1.165) is 78.0 Å². The number of aromatic nitrogens is 3. The number of pyridine rings is 2. The highest BCUT2D eigenvalue weighted by atomic mass is 15.0. The fourth-order valence-electron chi connectivity index (χ4n) is 7.43. The topological polar surface area (TPSA) is 30.2 Å². The second-order valence-corrected chi connectivity index (χ2v) is 13.1. The van der Waals surface area contributed by atoms with Gasteiger partial charge in [-0.25, -0.2) is 4.98 Å². The first-order chi connectivity index (χ1) is 25.4. The summed E-state index contributed by atoms with van der Waals surface area (Å²) in [5.41, 5.74) is 14.3. The molecule has 0 aliphatic carbocycles. The first-order valence-corrected chi connectivity index (χ1v) is 18.3. The summed E-state index contributed by atoms with van der Waals surface area (Å²) in [4.78, 5) is 9.99. The molecule has 8 rings (SSSR count). The van der Waals surface area contributed by atoms with Crippen LogP contribution in [0.15, 0.2) is 140 Å². The molecule has 0 bridgehead atoms. The Bertz CT molecular complexity index is 2800. The van der Waals surface area contributed by atoms with Crippen molar-refractivity contribution in [1.82, 2.24) is 14.4 Å². The van der Waals surface area contributed by atoms with Crippen LogP contribution in [-0.4, -0.2) is 14.4 Å². The molecule has 0 aliphatic rings. The maximum absolute atomic E-state index is 5.17. The van der Waals surface area contributed by atoms with Gasteiger partial charge in [-0.3, -0.25) is 9.38 Å². The molecule has 0 saturated heterocycles. The van der Waals surface area contributed by atoms with Gasteiger partial charge in [0, 0.05) is 17.0 Å². The van der Waals surface area contributed by atoms with Crippen LogP contribution in [0.2, 0.25) is 0 Å². The van der Waals surface area contributed by atoms with Crippen molar-refractivity contribution in [3.63, 3.8) is 0 Å². The van der Waals surface area contributed by atoms with Crippen molar-refractivity contribution in [2.75, 3.05) is 0 Å². The number of hydrogen-bond donors (Lipinski definition) is 0. The fraction of sp³-hybridized carbons (Fsp3) is 0.143. The van der Waals surface area contributed by atoms with E-state index in [1.165, 1.54) is 33.0 Å². The molecule has 3 heteroatoms. The predicted molar refractivity (Wildman–Crippen MR) is 228 cm³/mol. The molecule has 8 aromatic rings. The Kier molecular flexibility index (Phi) is 9.45. The van der Waals surface area contributed by atoms with Crippen molar-refractivity contribution in [1.29, 1.82) is 0 Å². The Morgan fingerprint density at radius 3 is 2.27 bits per heavy atom. The Balaban J connectivity index is 0.00000207. The van der Waals surface area contributed by atoms with E-state index in [2.05, 4.69) is 148 Å². The third kappa shape index (κ3) is 5.73. The molecular formula is C49H45N3. The molecule has 0 radical (unpaired) electrons. The molecule has 0 amide bonds. The molecule has 3 aromatic heterocycles. The van der Waals surface area contributed by atoms with E-state index in [-0.39, 0.29) is 0 Å². The molecule has 256 valence electrons. The summed E-state index contributed by atoms with van der Waals surface area (Å²) in [5.74, 6) is 0. The number of para-hydroxylation sites is 2. The maximum atomic E-state index is 5.17. The van der Waals surface area contributed by atoms with Gasteiger partial charge in [-0.15, -0.1) is 0 Å². The van der Waals surface area contributed by atoms with E-state index >= 15 is 0 Å². The van der Waals surface area contributed by atoms with Crippen LogP contribution in [-0.2, 0) is 0 Å². The third-order valence-electron chi connectivity index (χ3n) is 10.2. The van der Waals surface area contributed by atoms with Crippen molar-refractivity contribution >= 4 is 77.8 Å². The lowest BCUT2D eigenvalue weighted by molar-refractivity contribution is 1.23. The summed E-state index contributed by atoms with van der Waals surface area (Å²) >= 11 is 0. The number of nitrogens with zero attached hydrogens (tertiary/aromatic N) is 3. The average Bonchev–Trinajstić information content (AvgIpc) is 3.58. The zero-order valence-corrected chi connectivity index (χ0v) is 31.1. The van der Waals surface area contributed by atoms with Gasteiger partial charge in [-0.05, 0) is 118 Å². The number of rotatable bonds is 7. The molecule has 3 nitrogen and oxygen atoms in total. The standard InChI is InChI=1S/C47H39N3.C2H6/c1-7-9-16-36-31(5)32(6)41(38-18-11-10-17-37(36)38)27-30(4)29(3)26-33(8-2)35-22-23-39-40-24-21-34-15-14-25-48-46(34)45(40)47-49-42-19-12-13-20-43(42)50(47)44(39)28-35;1-2/h8-28H,2-3,7H2,1,4-6H3;1-2H3/b16-9-,30-27+,33-26+;. The van der Waals surface area contributed by atoms with Crippen LogP contribution in [0.4, 0.5) is 0 Å². The van der Waals surface area contributed by atoms with Gasteiger partial charge in [0.15, 0.2) is 0 Å². The number of fused-ring (bicyclic) bond motifs is 11. The summed E-state index contributed by atoms with van der Waals surface area (Å²) in [7, 11) is 0. The number of benzene rings is 5. The van der Waals surface area contributed by atoms with Gasteiger partial charge in [0.05, 0.1) is 27.5 Å². The molecule has 0 spiro atoms. The van der Waals surface area contributed by atoms with E-state index in [1.54, 1.807) is 0 Å². The quantitative estimate of drug-likeness (QED) is 0.124. The monoisotopic (exact) mass is 675 g/mol. The molecule has 52 heavy (non-hydrogen) atoms. The Morgan fingerprint density at radius 1 is 0.788 bits per heavy atom. The third-order valence-corrected chi connectivity index (χ3v) is 10.2. The minimum Gasteiger partial charge on any atom is -0.292 e. The summed E-state index contributed by atoms with van der Waals surface area (Å²) in [6.07, 6.45) is 13.8. The fourth-order valence-corrected chi connectivity index (χ4v) is 7.43. The van der Waals surface area contributed by atoms with Crippen LogP contribution in [0.3, 0.4) is 0 Å². The zero-order valence-electron chi connectivity index (χ0n) is 31.1. The minimum absolute atomic E-state index is 0.913. The number of imidazole rings is 1. The molecule has 0 N–H and O–H groups in total. The van der Waals surface area contributed by atoms with Crippen LogP contribution in [0.25, 0.3) is 77.8 Å². The predicted octanol–water partition coefficient (Wildman–Crippen LogP) is 13.8. The average molecular weight is 676 g/mol. The summed E-state index contributed by atoms with van der Waals surface area (Å²) < 4.78 is 2.29. The van der Waals surface area contributed by atoms with Crippen LogP contribution in [0.1, 0.15) is 61.9 Å². The number of allylic oxidation sites excluding steroid dienone is 6. The molecule has 3 heterocycles. The van der Waals surface area contributed by atoms with Crippen LogP contribution >= 0.6 is 0 Å². The van der Waals surface area contributed by atoms with E-state index in [4.69, 9.17) is 9.97 Å². The van der Waals surface area contributed by atoms with Gasteiger partial charge in [-0.2, -0.15) is 0 Å². The maximum Gasteiger partial charge on any atom is 0.148 e. The van der Waals surface area contributed by atoms with Crippen molar-refractivity contribution in [2.24, 2.45) is 0 Å². The molecule has 0 unspecified atom stereocenters. The second kappa shape index (κ2) is 14.3. The van der Waals surface area contributed by atoms with Crippen LogP contribution < -0.4 is 0 Å².